The summed E-state index contributed by atoms with van der Waals surface area (Å²) in [5.74, 6) is 0.797. The first-order chi connectivity index (χ1) is 8.99. The molecule has 3 N–H and O–H groups in total. The molecule has 1 aromatic rings. The second-order valence-corrected chi connectivity index (χ2v) is 8.11. The predicted molar refractivity (Wildman–Crippen MR) is 77.6 cm³/mol. The van der Waals surface area contributed by atoms with Gasteiger partial charge in [0.15, 0.2) is 9.34 Å². The Kier molecular flexibility index (Phi) is 4.81. The van der Waals surface area contributed by atoms with Crippen molar-refractivity contribution in [1.82, 2.24) is 9.71 Å². The number of sulfonamides is 1. The summed E-state index contributed by atoms with van der Waals surface area (Å²) >= 11 is 1.02. The number of thiazole rings is 1. The summed E-state index contributed by atoms with van der Waals surface area (Å²) in [6, 6.07) is 0. The van der Waals surface area contributed by atoms with Crippen LogP contribution in [0.3, 0.4) is 0 Å². The van der Waals surface area contributed by atoms with Crippen molar-refractivity contribution in [3.05, 3.63) is 5.69 Å². The Morgan fingerprint density at radius 3 is 2.68 bits per heavy atom. The summed E-state index contributed by atoms with van der Waals surface area (Å²) in [4.78, 5) is 3.95. The van der Waals surface area contributed by atoms with E-state index in [-0.39, 0.29) is 4.21 Å². The van der Waals surface area contributed by atoms with Gasteiger partial charge in [0.1, 0.15) is 0 Å². The molecule has 7 heteroatoms. The first kappa shape index (κ1) is 14.7. The van der Waals surface area contributed by atoms with Crippen molar-refractivity contribution in [2.45, 2.75) is 49.7 Å². The molecule has 0 amide bonds. The Hall–Kier alpha value is -0.660. The number of hydrogen-bond acceptors (Lipinski definition) is 5. The Morgan fingerprint density at radius 2 is 2.11 bits per heavy atom. The number of aromatic nitrogens is 1. The summed E-state index contributed by atoms with van der Waals surface area (Å²) in [6.07, 6.45) is 7.28. The topological polar surface area (TPSA) is 85.1 Å². The van der Waals surface area contributed by atoms with Crippen molar-refractivity contribution < 1.29 is 8.42 Å². The van der Waals surface area contributed by atoms with E-state index in [1.165, 1.54) is 25.7 Å². The van der Waals surface area contributed by atoms with Crippen LogP contribution in [0.25, 0.3) is 0 Å². The average molecular weight is 303 g/mol. The van der Waals surface area contributed by atoms with Gasteiger partial charge in [-0.15, -0.1) is 0 Å². The summed E-state index contributed by atoms with van der Waals surface area (Å²) < 4.78 is 27.0. The van der Waals surface area contributed by atoms with E-state index < -0.39 is 10.0 Å². The average Bonchev–Trinajstić information content (AvgIpc) is 2.94. The number of nitrogen functional groups attached to an aromatic ring is 1. The van der Waals surface area contributed by atoms with Crippen LogP contribution in [0.4, 0.5) is 5.13 Å². The van der Waals surface area contributed by atoms with Crippen molar-refractivity contribution >= 4 is 26.5 Å². The second-order valence-electron chi connectivity index (χ2n) is 5.12. The van der Waals surface area contributed by atoms with E-state index in [0.29, 0.717) is 17.4 Å². The molecule has 1 heterocycles. The maximum absolute atomic E-state index is 12.1. The molecule has 0 atom stereocenters. The van der Waals surface area contributed by atoms with Gasteiger partial charge in [-0.05, 0) is 25.7 Å². The molecule has 0 radical (unpaired) electrons. The van der Waals surface area contributed by atoms with Crippen LogP contribution in [-0.4, -0.2) is 19.9 Å². The molecule has 1 aromatic heterocycles. The zero-order valence-corrected chi connectivity index (χ0v) is 12.8. The van der Waals surface area contributed by atoms with Gasteiger partial charge in [-0.3, -0.25) is 0 Å². The van der Waals surface area contributed by atoms with Crippen LogP contribution < -0.4 is 10.5 Å². The summed E-state index contributed by atoms with van der Waals surface area (Å²) in [7, 11) is -3.44. The Bertz CT molecular complexity index is 519. The molecule has 5 nitrogen and oxygen atoms in total. The Morgan fingerprint density at radius 1 is 1.42 bits per heavy atom. The molecule has 0 unspecified atom stereocenters. The number of nitrogens with zero attached hydrogens (tertiary/aromatic N) is 1. The van der Waals surface area contributed by atoms with Gasteiger partial charge in [0.25, 0.3) is 10.0 Å². The number of anilines is 1. The maximum Gasteiger partial charge on any atom is 0.252 e. The standard InChI is InChI=1S/C12H21N3O2S2/c1-9-11(18-12(13)15-9)19(16,17)14-8-4-7-10-5-2-3-6-10/h10,14H,2-8H2,1H3,(H2,13,15). The molecule has 0 bridgehead atoms. The molecule has 1 aliphatic carbocycles. The van der Waals surface area contributed by atoms with E-state index in [1.54, 1.807) is 6.92 Å². The second kappa shape index (κ2) is 6.19. The molecule has 0 spiro atoms. The van der Waals surface area contributed by atoms with Crippen molar-refractivity contribution in [3.63, 3.8) is 0 Å². The number of aryl methyl sites for hydroxylation is 1. The Labute approximate surface area is 118 Å². The van der Waals surface area contributed by atoms with E-state index >= 15 is 0 Å². The van der Waals surface area contributed by atoms with Gasteiger partial charge >= 0.3 is 0 Å². The lowest BCUT2D eigenvalue weighted by molar-refractivity contribution is 0.480. The fraction of sp³-hybridized carbons (Fsp3) is 0.750. The van der Waals surface area contributed by atoms with Crippen LogP contribution in [-0.2, 0) is 10.0 Å². The van der Waals surface area contributed by atoms with Crippen molar-refractivity contribution in [3.8, 4) is 0 Å². The lowest BCUT2D eigenvalue weighted by Gasteiger charge is -2.09. The monoisotopic (exact) mass is 303 g/mol. The van der Waals surface area contributed by atoms with E-state index in [2.05, 4.69) is 9.71 Å². The molecule has 19 heavy (non-hydrogen) atoms. The third-order valence-corrected chi connectivity index (χ3v) is 6.63. The number of nitrogens with two attached hydrogens (primary N) is 1. The van der Waals surface area contributed by atoms with Gasteiger partial charge in [0.05, 0.1) is 5.69 Å². The SMILES string of the molecule is Cc1nc(N)sc1S(=O)(=O)NCCCC1CCCC1. The number of nitrogens with one attached hydrogen (secondary N) is 1. The van der Waals surface area contributed by atoms with Gasteiger partial charge in [0.2, 0.25) is 0 Å². The smallest absolute Gasteiger partial charge is 0.252 e. The highest BCUT2D eigenvalue weighted by Crippen LogP contribution is 2.28. The molecular weight excluding hydrogens is 282 g/mol. The van der Waals surface area contributed by atoms with Gasteiger partial charge < -0.3 is 5.73 Å². The van der Waals surface area contributed by atoms with Crippen LogP contribution in [0.5, 0.6) is 0 Å². The van der Waals surface area contributed by atoms with Gasteiger partial charge in [-0.1, -0.05) is 37.0 Å². The van der Waals surface area contributed by atoms with Crippen molar-refractivity contribution in [2.75, 3.05) is 12.3 Å². The molecule has 108 valence electrons. The third kappa shape index (κ3) is 3.90. The fourth-order valence-electron chi connectivity index (χ4n) is 2.61. The molecule has 0 aliphatic heterocycles. The highest BCUT2D eigenvalue weighted by atomic mass is 32.2. The lowest BCUT2D eigenvalue weighted by atomic mass is 10.0. The summed E-state index contributed by atoms with van der Waals surface area (Å²) in [5.41, 5.74) is 6.01. The first-order valence-electron chi connectivity index (χ1n) is 6.71. The van der Waals surface area contributed by atoms with Gasteiger partial charge in [-0.2, -0.15) is 0 Å². The van der Waals surface area contributed by atoms with E-state index in [0.717, 1.165) is 30.1 Å². The van der Waals surface area contributed by atoms with Crippen molar-refractivity contribution in [2.24, 2.45) is 5.92 Å². The van der Waals surface area contributed by atoms with Crippen molar-refractivity contribution in [1.29, 1.82) is 0 Å². The molecule has 0 aromatic carbocycles. The van der Waals surface area contributed by atoms with Gasteiger partial charge in [0, 0.05) is 6.54 Å². The van der Waals surface area contributed by atoms with E-state index in [4.69, 9.17) is 5.73 Å². The van der Waals surface area contributed by atoms with Gasteiger partial charge in [-0.25, -0.2) is 18.1 Å². The first-order valence-corrected chi connectivity index (χ1v) is 9.01. The minimum Gasteiger partial charge on any atom is -0.375 e. The third-order valence-electron chi connectivity index (χ3n) is 3.57. The minimum atomic E-state index is -3.44. The highest BCUT2D eigenvalue weighted by Gasteiger charge is 2.21. The Balaban J connectivity index is 1.82. The van der Waals surface area contributed by atoms with Crippen LogP contribution in [0.15, 0.2) is 4.21 Å². The van der Waals surface area contributed by atoms with Crippen LogP contribution in [0.1, 0.15) is 44.2 Å². The predicted octanol–water partition coefficient (Wildman–Crippen LogP) is 2.28. The molecule has 0 saturated heterocycles. The van der Waals surface area contributed by atoms with Crippen LogP contribution in [0, 0.1) is 12.8 Å². The molecule has 2 rings (SSSR count). The largest absolute Gasteiger partial charge is 0.375 e. The summed E-state index contributed by atoms with van der Waals surface area (Å²) in [5, 5.41) is 0.295. The number of rotatable bonds is 6. The highest BCUT2D eigenvalue weighted by molar-refractivity contribution is 7.91. The maximum atomic E-state index is 12.1. The molecule has 1 saturated carbocycles. The lowest BCUT2D eigenvalue weighted by Crippen LogP contribution is -2.25. The number of hydrogen-bond donors (Lipinski definition) is 2. The van der Waals surface area contributed by atoms with Crippen LogP contribution in [0.2, 0.25) is 0 Å². The minimum absolute atomic E-state index is 0.242. The van der Waals surface area contributed by atoms with E-state index in [1.807, 2.05) is 0 Å². The zero-order valence-electron chi connectivity index (χ0n) is 11.2. The van der Waals surface area contributed by atoms with E-state index in [9.17, 15) is 8.42 Å². The molecule has 1 aliphatic rings. The quantitative estimate of drug-likeness (QED) is 0.790. The molecule has 1 fully saturated rings. The fourth-order valence-corrected chi connectivity index (χ4v) is 5.03. The summed E-state index contributed by atoms with van der Waals surface area (Å²) in [6.45, 7) is 2.16. The zero-order chi connectivity index (χ0) is 13.9. The normalized spacial score (nSPS) is 17.1. The molecular formula is C12H21N3O2S2. The van der Waals surface area contributed by atoms with Crippen LogP contribution >= 0.6 is 11.3 Å².